The average Bonchev–Trinajstić information content (AvgIpc) is 2.96. The molecule has 0 saturated carbocycles. The van der Waals surface area contributed by atoms with Gasteiger partial charge in [-0.15, -0.1) is 0 Å². The van der Waals surface area contributed by atoms with Gasteiger partial charge < -0.3 is 0 Å². The first-order valence-electron chi connectivity index (χ1n) is 16.2. The molecule has 0 fully saturated rings. The van der Waals surface area contributed by atoms with E-state index in [4.69, 9.17) is 0 Å². The minimum atomic E-state index is 0.174. The molecule has 0 atom stereocenters. The second kappa shape index (κ2) is 12.2. The van der Waals surface area contributed by atoms with Crippen LogP contribution in [0.3, 0.4) is 0 Å². The van der Waals surface area contributed by atoms with Crippen LogP contribution >= 0.6 is 0 Å². The van der Waals surface area contributed by atoms with Crippen molar-refractivity contribution in [3.63, 3.8) is 0 Å². The third-order valence-electron chi connectivity index (χ3n) is 10.4. The summed E-state index contributed by atoms with van der Waals surface area (Å²) in [5, 5.41) is 0. The van der Waals surface area contributed by atoms with E-state index in [0.717, 1.165) is 0 Å². The van der Waals surface area contributed by atoms with Crippen LogP contribution in [0.15, 0.2) is 72.8 Å². The zero-order valence-electron chi connectivity index (χ0n) is 29.1. The van der Waals surface area contributed by atoms with Crippen LogP contribution in [0.25, 0.3) is 0 Å². The molecule has 0 spiro atoms. The van der Waals surface area contributed by atoms with Crippen molar-refractivity contribution >= 4 is 0 Å². The van der Waals surface area contributed by atoms with Crippen LogP contribution in [-0.2, 0) is 0 Å². The summed E-state index contributed by atoms with van der Waals surface area (Å²) in [5.41, 5.74) is 24.5. The monoisotopic (exact) mass is 578 g/mol. The third-order valence-corrected chi connectivity index (χ3v) is 10.4. The molecule has 0 saturated heterocycles. The number of hydrogen-bond acceptors (Lipinski definition) is 0. The van der Waals surface area contributed by atoms with E-state index in [1.165, 1.54) is 100 Å². The van der Waals surface area contributed by atoms with E-state index in [9.17, 15) is 0 Å². The van der Waals surface area contributed by atoms with E-state index in [1.54, 1.807) is 0 Å². The zero-order valence-corrected chi connectivity index (χ0v) is 29.1. The summed E-state index contributed by atoms with van der Waals surface area (Å²) in [6, 6.07) is 28.8. The fourth-order valence-corrected chi connectivity index (χ4v) is 7.11. The molecular weight excluding hydrogens is 528 g/mol. The molecule has 0 N–H and O–H groups in total. The molecule has 5 rings (SSSR count). The van der Waals surface area contributed by atoms with Gasteiger partial charge in [0, 0.05) is 11.8 Å². The molecule has 0 aliphatic heterocycles. The van der Waals surface area contributed by atoms with Gasteiger partial charge in [0.2, 0.25) is 0 Å². The predicted molar refractivity (Wildman–Crippen MR) is 191 cm³/mol. The Bertz CT molecular complexity index is 1610. The normalized spacial score (nSPS) is 11.6. The average molecular weight is 579 g/mol. The largest absolute Gasteiger partial charge is 0.0578 e. The second-order valence-electron chi connectivity index (χ2n) is 13.7. The van der Waals surface area contributed by atoms with E-state index in [2.05, 4.69) is 156 Å². The van der Waals surface area contributed by atoms with Gasteiger partial charge in [-0.3, -0.25) is 0 Å². The fraction of sp³-hybridized carbons (Fsp3) is 0.318. The lowest BCUT2D eigenvalue weighted by Crippen LogP contribution is -2.11. The standard InChI is InChI=1S/C44H50/c1-25-17-33(9)39(21-29(25)5)43(40-22-30(6)26(2)18-34(40)10)37-13-15-38(16-14-37)44(41-23-31(7)27(3)19-35(41)11)42-24-32(8)28(4)20-36(42)12/h13-24,43-44H,1-12H3. The van der Waals surface area contributed by atoms with E-state index < -0.39 is 0 Å². The lowest BCUT2D eigenvalue weighted by Gasteiger charge is -2.27. The summed E-state index contributed by atoms with van der Waals surface area (Å²) in [7, 11) is 0. The van der Waals surface area contributed by atoms with Crippen LogP contribution in [0.5, 0.6) is 0 Å². The van der Waals surface area contributed by atoms with E-state index in [1.807, 2.05) is 0 Å². The molecule has 0 bridgehead atoms. The Balaban J connectivity index is 1.72. The van der Waals surface area contributed by atoms with Crippen molar-refractivity contribution in [2.75, 3.05) is 0 Å². The van der Waals surface area contributed by atoms with Crippen molar-refractivity contribution in [3.05, 3.63) is 173 Å². The Hall–Kier alpha value is -3.90. The highest BCUT2D eigenvalue weighted by Crippen LogP contribution is 2.41. The van der Waals surface area contributed by atoms with Gasteiger partial charge in [0.1, 0.15) is 0 Å². The van der Waals surface area contributed by atoms with Gasteiger partial charge in [-0.05, 0) is 183 Å². The highest BCUT2D eigenvalue weighted by Gasteiger charge is 2.25. The predicted octanol–water partition coefficient (Wildman–Crippen LogP) is 11.7. The van der Waals surface area contributed by atoms with E-state index >= 15 is 0 Å². The Morgan fingerprint density at radius 1 is 0.250 bits per heavy atom. The minimum absolute atomic E-state index is 0.174. The van der Waals surface area contributed by atoms with Crippen molar-refractivity contribution < 1.29 is 0 Å². The SMILES string of the molecule is Cc1cc(C)c(C(c2ccc(C(c3cc(C)c(C)cc3C)c3cc(C)c(C)cc3C)cc2)c2cc(C)c(C)cc2C)cc1C. The minimum Gasteiger partial charge on any atom is -0.0578 e. The van der Waals surface area contributed by atoms with Crippen LogP contribution < -0.4 is 0 Å². The smallest absolute Gasteiger partial charge is 0.0345 e. The van der Waals surface area contributed by atoms with Gasteiger partial charge in [-0.2, -0.15) is 0 Å². The van der Waals surface area contributed by atoms with Gasteiger partial charge in [-0.25, -0.2) is 0 Å². The van der Waals surface area contributed by atoms with Crippen LogP contribution in [0, 0.1) is 83.1 Å². The van der Waals surface area contributed by atoms with Crippen molar-refractivity contribution in [2.24, 2.45) is 0 Å². The quantitative estimate of drug-likeness (QED) is 0.176. The van der Waals surface area contributed by atoms with Gasteiger partial charge >= 0.3 is 0 Å². The van der Waals surface area contributed by atoms with E-state index in [0.29, 0.717) is 0 Å². The Kier molecular flexibility index (Phi) is 8.77. The number of hydrogen-bond donors (Lipinski definition) is 0. The maximum atomic E-state index is 2.43. The van der Waals surface area contributed by atoms with Crippen molar-refractivity contribution in [3.8, 4) is 0 Å². The topological polar surface area (TPSA) is 0 Å². The molecule has 0 aromatic heterocycles. The van der Waals surface area contributed by atoms with Gasteiger partial charge in [-0.1, -0.05) is 72.8 Å². The summed E-state index contributed by atoms with van der Waals surface area (Å²) >= 11 is 0. The molecule has 0 heteroatoms. The summed E-state index contributed by atoms with van der Waals surface area (Å²) in [6.45, 7) is 27.0. The first-order valence-corrected chi connectivity index (χ1v) is 16.2. The summed E-state index contributed by atoms with van der Waals surface area (Å²) < 4.78 is 0. The molecule has 0 amide bonds. The van der Waals surface area contributed by atoms with Gasteiger partial charge in [0.15, 0.2) is 0 Å². The summed E-state index contributed by atoms with van der Waals surface area (Å²) in [5.74, 6) is 0.348. The molecule has 0 heterocycles. The first kappa shape index (κ1) is 31.5. The Labute approximate surface area is 267 Å². The van der Waals surface area contributed by atoms with Gasteiger partial charge in [0.25, 0.3) is 0 Å². The Morgan fingerprint density at radius 2 is 0.432 bits per heavy atom. The lowest BCUT2D eigenvalue weighted by atomic mass is 9.77. The van der Waals surface area contributed by atoms with Gasteiger partial charge in [0.05, 0.1) is 0 Å². The molecule has 44 heavy (non-hydrogen) atoms. The van der Waals surface area contributed by atoms with Crippen molar-refractivity contribution in [1.29, 1.82) is 0 Å². The second-order valence-corrected chi connectivity index (χ2v) is 13.7. The summed E-state index contributed by atoms with van der Waals surface area (Å²) in [6.07, 6.45) is 0. The number of aryl methyl sites for hydroxylation is 12. The zero-order chi connectivity index (χ0) is 32.0. The molecule has 5 aromatic carbocycles. The fourth-order valence-electron chi connectivity index (χ4n) is 7.11. The third kappa shape index (κ3) is 5.92. The molecule has 226 valence electrons. The number of benzene rings is 5. The maximum Gasteiger partial charge on any atom is 0.0345 e. The lowest BCUT2D eigenvalue weighted by molar-refractivity contribution is 0.917. The molecule has 0 aliphatic carbocycles. The first-order chi connectivity index (χ1) is 20.8. The molecule has 0 aliphatic rings. The number of rotatable bonds is 6. The van der Waals surface area contributed by atoms with Crippen LogP contribution in [0.2, 0.25) is 0 Å². The molecule has 0 nitrogen and oxygen atoms in total. The van der Waals surface area contributed by atoms with Crippen molar-refractivity contribution in [1.82, 2.24) is 0 Å². The van der Waals surface area contributed by atoms with Crippen LogP contribution in [0.1, 0.15) is 112 Å². The summed E-state index contributed by atoms with van der Waals surface area (Å²) in [4.78, 5) is 0. The molecule has 0 radical (unpaired) electrons. The molecular formula is C44H50. The maximum absolute atomic E-state index is 2.43. The van der Waals surface area contributed by atoms with Crippen LogP contribution in [-0.4, -0.2) is 0 Å². The van der Waals surface area contributed by atoms with Crippen molar-refractivity contribution in [2.45, 2.75) is 94.9 Å². The molecule has 5 aromatic rings. The Morgan fingerprint density at radius 3 is 0.636 bits per heavy atom. The highest BCUT2D eigenvalue weighted by atomic mass is 14.3. The van der Waals surface area contributed by atoms with E-state index in [-0.39, 0.29) is 11.8 Å². The molecule has 0 unspecified atom stereocenters. The highest BCUT2D eigenvalue weighted by molar-refractivity contribution is 5.56. The van der Waals surface area contributed by atoms with Crippen LogP contribution in [0.4, 0.5) is 0 Å².